The molecule has 6 nitrogen and oxygen atoms in total. The van der Waals surface area contributed by atoms with Crippen molar-refractivity contribution in [2.75, 3.05) is 0 Å². The maximum atomic E-state index is 12.9. The number of carbonyl (C=O) groups excluding carboxylic acids is 1. The minimum absolute atomic E-state index is 0.00689. The lowest BCUT2D eigenvalue weighted by molar-refractivity contribution is -0.384. The molecule has 0 heterocycles. The molecule has 1 aliphatic rings. The predicted octanol–water partition coefficient (Wildman–Crippen LogP) is 4.50. The molecule has 0 saturated carbocycles. The summed E-state index contributed by atoms with van der Waals surface area (Å²) < 4.78 is 5.62. The number of hydrogen-bond acceptors (Lipinski definition) is 4. The molecule has 27 heavy (non-hydrogen) atoms. The van der Waals surface area contributed by atoms with Crippen molar-refractivity contribution in [2.24, 2.45) is 0 Å². The van der Waals surface area contributed by atoms with Crippen molar-refractivity contribution in [1.29, 1.82) is 0 Å². The summed E-state index contributed by atoms with van der Waals surface area (Å²) in [4.78, 5) is 25.0. The van der Waals surface area contributed by atoms with Gasteiger partial charge in [0.05, 0.1) is 4.92 Å². The Morgan fingerprint density at radius 1 is 1.11 bits per heavy atom. The maximum Gasteiger partial charge on any atom is 0.410 e. The molecule has 0 atom stereocenters. The van der Waals surface area contributed by atoms with Gasteiger partial charge in [-0.3, -0.25) is 10.1 Å². The van der Waals surface area contributed by atoms with E-state index in [1.807, 2.05) is 32.9 Å². The van der Waals surface area contributed by atoms with E-state index in [2.05, 4.69) is 12.1 Å². The number of nitrogens with zero attached hydrogens (tertiary/aromatic N) is 2. The first-order chi connectivity index (χ1) is 12.7. The number of hydrogen-bond donors (Lipinski definition) is 0. The molecule has 0 bridgehead atoms. The smallest absolute Gasteiger partial charge is 0.410 e. The molecule has 0 aliphatic heterocycles. The van der Waals surface area contributed by atoms with Gasteiger partial charge < -0.3 is 9.64 Å². The number of rotatable bonds is 4. The Bertz CT molecular complexity index is 815. The van der Waals surface area contributed by atoms with E-state index in [0.29, 0.717) is 6.54 Å². The number of benzene rings is 2. The van der Waals surface area contributed by atoms with Crippen LogP contribution in [-0.2, 0) is 24.1 Å². The molecule has 3 rings (SSSR count). The third-order valence-corrected chi connectivity index (χ3v) is 4.60. The molecule has 0 aromatic heterocycles. The van der Waals surface area contributed by atoms with Gasteiger partial charge in [-0.15, -0.1) is 0 Å². The van der Waals surface area contributed by atoms with Gasteiger partial charge in [-0.1, -0.05) is 36.4 Å². The molecular formula is C21H24N2O4. The highest BCUT2D eigenvalue weighted by atomic mass is 16.6. The van der Waals surface area contributed by atoms with Crippen molar-refractivity contribution in [3.05, 3.63) is 75.3 Å². The van der Waals surface area contributed by atoms with Crippen molar-refractivity contribution >= 4 is 11.8 Å². The summed E-state index contributed by atoms with van der Waals surface area (Å²) in [5.74, 6) is 0. The summed E-state index contributed by atoms with van der Waals surface area (Å²) in [5.41, 5.74) is 2.79. The van der Waals surface area contributed by atoms with Gasteiger partial charge in [-0.05, 0) is 50.3 Å². The first kappa shape index (κ1) is 18.9. The molecule has 0 saturated heterocycles. The van der Waals surface area contributed by atoms with Crippen LogP contribution < -0.4 is 0 Å². The lowest BCUT2D eigenvalue weighted by atomic mass is 10.1. The van der Waals surface area contributed by atoms with Crippen LogP contribution in [0.3, 0.4) is 0 Å². The normalized spacial score (nSPS) is 13.9. The first-order valence-electron chi connectivity index (χ1n) is 9.03. The summed E-state index contributed by atoms with van der Waals surface area (Å²) >= 11 is 0. The fourth-order valence-electron chi connectivity index (χ4n) is 3.34. The Morgan fingerprint density at radius 2 is 1.67 bits per heavy atom. The monoisotopic (exact) mass is 368 g/mol. The van der Waals surface area contributed by atoms with Crippen LogP contribution in [0.4, 0.5) is 10.5 Å². The fourth-order valence-corrected chi connectivity index (χ4v) is 3.34. The van der Waals surface area contributed by atoms with Crippen molar-refractivity contribution in [3.63, 3.8) is 0 Å². The van der Waals surface area contributed by atoms with Crippen molar-refractivity contribution < 1.29 is 14.5 Å². The molecule has 0 unspecified atom stereocenters. The molecule has 0 radical (unpaired) electrons. The topological polar surface area (TPSA) is 72.7 Å². The molecule has 0 spiro atoms. The molecule has 6 heteroatoms. The van der Waals surface area contributed by atoms with Crippen LogP contribution in [0.15, 0.2) is 48.5 Å². The van der Waals surface area contributed by atoms with Gasteiger partial charge in [0, 0.05) is 24.7 Å². The van der Waals surface area contributed by atoms with E-state index in [4.69, 9.17) is 4.74 Å². The van der Waals surface area contributed by atoms with Crippen LogP contribution in [0, 0.1) is 10.1 Å². The van der Waals surface area contributed by atoms with Crippen LogP contribution in [0.5, 0.6) is 0 Å². The van der Waals surface area contributed by atoms with E-state index < -0.39 is 10.5 Å². The molecule has 2 aromatic rings. The van der Waals surface area contributed by atoms with E-state index in [-0.39, 0.29) is 17.8 Å². The lowest BCUT2D eigenvalue weighted by Crippen LogP contribution is -2.43. The third kappa shape index (κ3) is 4.64. The largest absolute Gasteiger partial charge is 0.444 e. The number of fused-ring (bicyclic) bond motifs is 1. The highest BCUT2D eigenvalue weighted by molar-refractivity contribution is 5.69. The van der Waals surface area contributed by atoms with Gasteiger partial charge in [0.2, 0.25) is 0 Å². The van der Waals surface area contributed by atoms with E-state index in [9.17, 15) is 14.9 Å². The molecule has 0 fully saturated rings. The maximum absolute atomic E-state index is 12.9. The number of ether oxygens (including phenoxy) is 1. The molecule has 0 N–H and O–H groups in total. The molecule has 1 aliphatic carbocycles. The number of nitro groups is 1. The third-order valence-electron chi connectivity index (χ3n) is 4.60. The Kier molecular flexibility index (Phi) is 5.17. The standard InChI is InChI=1S/C21H24N2O4/c1-21(2,3)27-20(24)22(14-15-8-10-18(11-9-15)23(25)26)19-12-16-6-4-5-7-17(16)13-19/h4-11,19H,12-14H2,1-3H3. The zero-order valence-corrected chi connectivity index (χ0v) is 15.8. The average Bonchev–Trinajstić information content (AvgIpc) is 3.02. The SMILES string of the molecule is CC(C)(C)OC(=O)N(Cc1ccc([N+](=O)[O-])cc1)C1Cc2ccccc2C1. The van der Waals surface area contributed by atoms with Crippen LogP contribution >= 0.6 is 0 Å². The van der Waals surface area contributed by atoms with Gasteiger partial charge in [0.25, 0.3) is 5.69 Å². The Hall–Kier alpha value is -2.89. The van der Waals surface area contributed by atoms with Crippen LogP contribution in [-0.4, -0.2) is 27.6 Å². The van der Waals surface area contributed by atoms with Crippen molar-refractivity contribution in [2.45, 2.75) is 51.8 Å². The summed E-state index contributed by atoms with van der Waals surface area (Å²) in [5, 5.41) is 10.9. The molecular weight excluding hydrogens is 344 g/mol. The van der Waals surface area contributed by atoms with Gasteiger partial charge in [-0.2, -0.15) is 0 Å². The Labute approximate surface area is 158 Å². The summed E-state index contributed by atoms with van der Waals surface area (Å²) in [6.07, 6.45) is 1.20. The van der Waals surface area contributed by atoms with Crippen molar-refractivity contribution in [3.8, 4) is 0 Å². The number of non-ortho nitro benzene ring substituents is 1. The average molecular weight is 368 g/mol. The van der Waals surface area contributed by atoms with E-state index in [0.717, 1.165) is 18.4 Å². The second kappa shape index (κ2) is 7.39. The number of carbonyl (C=O) groups is 1. The second-order valence-corrected chi connectivity index (χ2v) is 7.86. The molecule has 142 valence electrons. The summed E-state index contributed by atoms with van der Waals surface area (Å²) in [6, 6.07) is 14.5. The highest BCUT2D eigenvalue weighted by Crippen LogP contribution is 2.28. The van der Waals surface area contributed by atoms with Gasteiger partial charge in [-0.25, -0.2) is 4.79 Å². The van der Waals surface area contributed by atoms with Crippen molar-refractivity contribution in [1.82, 2.24) is 4.90 Å². The fraction of sp³-hybridized carbons (Fsp3) is 0.381. The van der Waals surface area contributed by atoms with E-state index in [1.54, 1.807) is 17.0 Å². The van der Waals surface area contributed by atoms with Crippen LogP contribution in [0.25, 0.3) is 0 Å². The molecule has 1 amide bonds. The van der Waals surface area contributed by atoms with Crippen LogP contribution in [0.2, 0.25) is 0 Å². The highest BCUT2D eigenvalue weighted by Gasteiger charge is 2.32. The minimum Gasteiger partial charge on any atom is -0.444 e. The summed E-state index contributed by atoms with van der Waals surface area (Å²) in [6.45, 7) is 5.89. The van der Waals surface area contributed by atoms with Gasteiger partial charge in [0.15, 0.2) is 0 Å². The Morgan fingerprint density at radius 3 is 2.15 bits per heavy atom. The lowest BCUT2D eigenvalue weighted by Gasteiger charge is -2.31. The Balaban J connectivity index is 1.82. The first-order valence-corrected chi connectivity index (χ1v) is 9.03. The minimum atomic E-state index is -0.587. The van der Waals surface area contributed by atoms with Crippen LogP contribution in [0.1, 0.15) is 37.5 Å². The second-order valence-electron chi connectivity index (χ2n) is 7.86. The zero-order valence-electron chi connectivity index (χ0n) is 15.8. The quantitative estimate of drug-likeness (QED) is 0.588. The van der Waals surface area contributed by atoms with Gasteiger partial charge in [0.1, 0.15) is 5.60 Å². The molecule has 2 aromatic carbocycles. The number of amides is 1. The number of nitro benzene ring substituents is 1. The van der Waals surface area contributed by atoms with Gasteiger partial charge >= 0.3 is 6.09 Å². The van der Waals surface area contributed by atoms with E-state index >= 15 is 0 Å². The summed E-state index contributed by atoms with van der Waals surface area (Å²) in [7, 11) is 0. The zero-order chi connectivity index (χ0) is 19.6. The predicted molar refractivity (Wildman–Crippen MR) is 103 cm³/mol. The van der Waals surface area contributed by atoms with E-state index in [1.165, 1.54) is 23.3 Å².